The lowest BCUT2D eigenvalue weighted by molar-refractivity contribution is -0.143. The molecule has 2 aromatic carbocycles. The van der Waals surface area contributed by atoms with Gasteiger partial charge in [0.05, 0.1) is 18.8 Å². The minimum absolute atomic E-state index is 0.0707. The molecule has 11 heteroatoms. The maximum Gasteiger partial charge on any atom is 0.309 e. The van der Waals surface area contributed by atoms with Crippen LogP contribution in [0.15, 0.2) is 36.4 Å². The molecule has 2 aliphatic heterocycles. The normalized spacial score (nSPS) is 20.6. The maximum atomic E-state index is 14.9. The first-order chi connectivity index (χ1) is 19.7. The molecular formula is C30H41FN2O7S. The fourth-order valence-corrected chi connectivity index (χ4v) is 7.43. The zero-order valence-corrected chi connectivity index (χ0v) is 24.9. The number of unbranched alkanes of at least 4 members (excludes halogenated alkanes) is 3. The standard InChI is InChI=1S/C30H41FN2O7S/c1-4-6-8-16-41(36,37)33(13-7-5-2)15-14-32-19-23(21-9-12-26-27(18-21)40-20-39-26)28(30(34)35)29(32)22-10-11-25(38-3)24(31)17-22/h9-12,17-18,23,28-29H,4-8,13-16,19-20H2,1-3H3,(H,34,35). The van der Waals surface area contributed by atoms with Gasteiger partial charge in [-0.05, 0) is 48.2 Å². The average Bonchev–Trinajstić information content (AvgIpc) is 3.57. The van der Waals surface area contributed by atoms with E-state index < -0.39 is 39.7 Å². The molecule has 0 saturated carbocycles. The van der Waals surface area contributed by atoms with E-state index in [2.05, 4.69) is 0 Å². The summed E-state index contributed by atoms with van der Waals surface area (Å²) in [6, 6.07) is 9.26. The number of benzene rings is 2. The van der Waals surface area contributed by atoms with E-state index in [1.54, 1.807) is 16.4 Å². The summed E-state index contributed by atoms with van der Waals surface area (Å²) >= 11 is 0. The van der Waals surface area contributed by atoms with Crippen LogP contribution in [0, 0.1) is 11.7 Å². The zero-order chi connectivity index (χ0) is 29.6. The molecule has 226 valence electrons. The Balaban J connectivity index is 1.67. The monoisotopic (exact) mass is 592 g/mol. The Hall–Kier alpha value is -2.89. The second kappa shape index (κ2) is 13.8. The summed E-state index contributed by atoms with van der Waals surface area (Å²) in [5, 5.41) is 10.5. The number of rotatable bonds is 15. The topological polar surface area (TPSA) is 106 Å². The van der Waals surface area contributed by atoms with Crippen LogP contribution in [0.4, 0.5) is 4.39 Å². The van der Waals surface area contributed by atoms with E-state index in [0.29, 0.717) is 43.1 Å². The van der Waals surface area contributed by atoms with Crippen molar-refractivity contribution in [2.24, 2.45) is 5.92 Å². The number of nitrogens with zero attached hydrogens (tertiary/aromatic N) is 2. The molecule has 3 atom stereocenters. The molecule has 0 aromatic heterocycles. The SMILES string of the molecule is CCCCCS(=O)(=O)N(CCCC)CCN1CC(c2ccc3c(c2)OCO3)C(C(=O)O)C1c1ccc(OC)c(F)c1. The highest BCUT2D eigenvalue weighted by atomic mass is 32.2. The van der Waals surface area contributed by atoms with Crippen LogP contribution < -0.4 is 14.2 Å². The van der Waals surface area contributed by atoms with Crippen LogP contribution in [-0.2, 0) is 14.8 Å². The van der Waals surface area contributed by atoms with Gasteiger partial charge in [-0.1, -0.05) is 45.2 Å². The fraction of sp³-hybridized carbons (Fsp3) is 0.567. The predicted octanol–water partition coefficient (Wildman–Crippen LogP) is 5.03. The van der Waals surface area contributed by atoms with Crippen molar-refractivity contribution in [3.05, 3.63) is 53.3 Å². The van der Waals surface area contributed by atoms with E-state index in [4.69, 9.17) is 14.2 Å². The Kier molecular flexibility index (Phi) is 10.5. The van der Waals surface area contributed by atoms with Crippen LogP contribution in [0.2, 0.25) is 0 Å². The van der Waals surface area contributed by atoms with Crippen molar-refractivity contribution in [1.82, 2.24) is 9.21 Å². The summed E-state index contributed by atoms with van der Waals surface area (Å²) in [6.07, 6.45) is 3.96. The molecule has 1 fully saturated rings. The zero-order valence-electron chi connectivity index (χ0n) is 24.1. The van der Waals surface area contributed by atoms with E-state index in [1.165, 1.54) is 19.2 Å². The molecule has 1 N–H and O–H groups in total. The third-order valence-electron chi connectivity index (χ3n) is 8.02. The van der Waals surface area contributed by atoms with E-state index >= 15 is 0 Å². The molecule has 2 heterocycles. The quantitative estimate of drug-likeness (QED) is 0.287. The van der Waals surface area contributed by atoms with Gasteiger partial charge in [0.1, 0.15) is 0 Å². The fourth-order valence-electron chi connectivity index (χ4n) is 5.83. The third kappa shape index (κ3) is 7.13. The summed E-state index contributed by atoms with van der Waals surface area (Å²) in [4.78, 5) is 14.8. The molecule has 41 heavy (non-hydrogen) atoms. The Labute approximate surface area is 242 Å². The number of halogens is 1. The van der Waals surface area contributed by atoms with Crippen molar-refractivity contribution in [2.75, 3.05) is 45.8 Å². The number of carbonyl (C=O) groups is 1. The molecule has 3 unspecified atom stereocenters. The van der Waals surface area contributed by atoms with E-state index in [-0.39, 0.29) is 24.8 Å². The number of likely N-dealkylation sites (tertiary alicyclic amines) is 1. The molecule has 4 rings (SSSR count). The Morgan fingerprint density at radius 2 is 1.78 bits per heavy atom. The number of ether oxygens (including phenoxy) is 3. The number of carboxylic acids is 1. The van der Waals surface area contributed by atoms with Crippen LogP contribution in [0.1, 0.15) is 69.0 Å². The van der Waals surface area contributed by atoms with Gasteiger partial charge in [-0.25, -0.2) is 17.1 Å². The van der Waals surface area contributed by atoms with Crippen molar-refractivity contribution in [1.29, 1.82) is 0 Å². The van der Waals surface area contributed by atoms with Crippen molar-refractivity contribution in [3.63, 3.8) is 0 Å². The number of fused-ring (bicyclic) bond motifs is 1. The van der Waals surface area contributed by atoms with Gasteiger partial charge in [-0.3, -0.25) is 9.69 Å². The van der Waals surface area contributed by atoms with Gasteiger partial charge in [0.25, 0.3) is 0 Å². The highest BCUT2D eigenvalue weighted by Crippen LogP contribution is 2.48. The molecular weight excluding hydrogens is 551 g/mol. The maximum absolute atomic E-state index is 14.9. The molecule has 9 nitrogen and oxygen atoms in total. The van der Waals surface area contributed by atoms with Crippen molar-refractivity contribution in [2.45, 2.75) is 57.9 Å². The number of hydrogen-bond donors (Lipinski definition) is 1. The number of aliphatic carboxylic acids is 1. The third-order valence-corrected chi connectivity index (χ3v) is 9.98. The van der Waals surface area contributed by atoms with Crippen molar-refractivity contribution < 1.29 is 36.9 Å². The molecule has 0 aliphatic carbocycles. The Morgan fingerprint density at radius 1 is 1.05 bits per heavy atom. The van der Waals surface area contributed by atoms with Crippen LogP contribution in [0.5, 0.6) is 17.2 Å². The summed E-state index contributed by atoms with van der Waals surface area (Å²) in [5.41, 5.74) is 1.28. The van der Waals surface area contributed by atoms with E-state index in [1.807, 2.05) is 30.9 Å². The van der Waals surface area contributed by atoms with Crippen LogP contribution in [0.3, 0.4) is 0 Å². The Morgan fingerprint density at radius 3 is 2.46 bits per heavy atom. The molecule has 2 aliphatic rings. The van der Waals surface area contributed by atoms with Gasteiger partial charge in [0.15, 0.2) is 23.1 Å². The van der Waals surface area contributed by atoms with Gasteiger partial charge in [0.2, 0.25) is 16.8 Å². The van der Waals surface area contributed by atoms with E-state index in [9.17, 15) is 22.7 Å². The van der Waals surface area contributed by atoms with Gasteiger partial charge >= 0.3 is 5.97 Å². The summed E-state index contributed by atoms with van der Waals surface area (Å²) in [7, 11) is -2.10. The smallest absolute Gasteiger partial charge is 0.309 e. The minimum Gasteiger partial charge on any atom is -0.494 e. The number of methoxy groups -OCH3 is 1. The highest BCUT2D eigenvalue weighted by molar-refractivity contribution is 7.89. The van der Waals surface area contributed by atoms with Gasteiger partial charge in [-0.15, -0.1) is 0 Å². The van der Waals surface area contributed by atoms with E-state index in [0.717, 1.165) is 31.2 Å². The van der Waals surface area contributed by atoms with Crippen molar-refractivity contribution in [3.8, 4) is 17.2 Å². The summed E-state index contributed by atoms with van der Waals surface area (Å²) in [5.74, 6) is -1.62. The molecule has 0 radical (unpaired) electrons. The van der Waals surface area contributed by atoms with Gasteiger partial charge in [0, 0.05) is 38.1 Å². The molecule has 2 aromatic rings. The van der Waals surface area contributed by atoms with Gasteiger partial charge < -0.3 is 19.3 Å². The lowest BCUT2D eigenvalue weighted by atomic mass is 9.82. The van der Waals surface area contributed by atoms with Crippen LogP contribution >= 0.6 is 0 Å². The first kappa shape index (κ1) is 31.1. The van der Waals surface area contributed by atoms with Crippen LogP contribution in [-0.4, -0.2) is 74.5 Å². The summed E-state index contributed by atoms with van der Waals surface area (Å²) in [6.45, 7) is 5.45. The number of carboxylic acid groups (broad SMARTS) is 1. The summed E-state index contributed by atoms with van der Waals surface area (Å²) < 4.78 is 59.0. The molecule has 0 spiro atoms. The lowest BCUT2D eigenvalue weighted by Gasteiger charge is -2.30. The highest BCUT2D eigenvalue weighted by Gasteiger charge is 2.48. The molecule has 0 bridgehead atoms. The van der Waals surface area contributed by atoms with Gasteiger partial charge in [-0.2, -0.15) is 0 Å². The second-order valence-electron chi connectivity index (χ2n) is 10.7. The number of sulfonamides is 1. The first-order valence-electron chi connectivity index (χ1n) is 14.4. The molecule has 0 amide bonds. The first-order valence-corrected chi connectivity index (χ1v) is 16.0. The second-order valence-corrected chi connectivity index (χ2v) is 12.8. The largest absolute Gasteiger partial charge is 0.494 e. The molecule has 1 saturated heterocycles. The number of hydrogen-bond acceptors (Lipinski definition) is 7. The van der Waals surface area contributed by atoms with Crippen molar-refractivity contribution >= 4 is 16.0 Å². The Bertz CT molecular complexity index is 1310. The predicted molar refractivity (Wildman–Crippen MR) is 153 cm³/mol. The lowest BCUT2D eigenvalue weighted by Crippen LogP contribution is -2.40. The van der Waals surface area contributed by atoms with Crippen LogP contribution in [0.25, 0.3) is 0 Å². The average molecular weight is 593 g/mol. The minimum atomic E-state index is -3.48.